The fourth-order valence-electron chi connectivity index (χ4n) is 1.44. The Bertz CT molecular complexity index is 479. The molecule has 0 fully saturated rings. The Kier molecular flexibility index (Phi) is 2.69. The lowest BCUT2D eigenvalue weighted by molar-refractivity contribution is 0.104. The molecule has 0 atom stereocenters. The van der Waals surface area contributed by atoms with Crippen molar-refractivity contribution in [2.45, 2.75) is 13.8 Å². The van der Waals surface area contributed by atoms with Crippen LogP contribution in [0, 0.1) is 13.8 Å². The summed E-state index contributed by atoms with van der Waals surface area (Å²) in [5.74, 6) is 0.127. The highest BCUT2D eigenvalue weighted by Gasteiger charge is 2.12. The van der Waals surface area contributed by atoms with E-state index in [0.717, 1.165) is 16.0 Å². The molecule has 0 aliphatic heterocycles. The van der Waals surface area contributed by atoms with E-state index in [9.17, 15) is 4.79 Å². The number of benzene rings is 1. The molecule has 1 nitrogen and oxygen atoms in total. The number of aryl methyl sites for hydroxylation is 2. The standard InChI is InChI=1S/C13H12OS/c1-9-3-5-11(6-4-9)12(14)13-10(2)7-8-15-13/h3-8H,1-2H3. The number of thiophene rings is 1. The van der Waals surface area contributed by atoms with E-state index >= 15 is 0 Å². The predicted octanol–water partition coefficient (Wildman–Crippen LogP) is 3.60. The summed E-state index contributed by atoms with van der Waals surface area (Å²) in [7, 11) is 0. The molecule has 0 unspecified atom stereocenters. The molecule has 0 aliphatic rings. The van der Waals surface area contributed by atoms with Crippen LogP contribution in [0.25, 0.3) is 0 Å². The molecule has 1 aromatic carbocycles. The highest BCUT2D eigenvalue weighted by Crippen LogP contribution is 2.20. The van der Waals surface area contributed by atoms with Crippen LogP contribution in [-0.4, -0.2) is 5.78 Å². The summed E-state index contributed by atoms with van der Waals surface area (Å²) in [6.45, 7) is 3.99. The molecule has 0 bridgehead atoms. The van der Waals surface area contributed by atoms with E-state index in [-0.39, 0.29) is 5.78 Å². The SMILES string of the molecule is Cc1ccc(C(=O)c2sccc2C)cc1. The first kappa shape index (κ1) is 10.1. The van der Waals surface area contributed by atoms with Crippen molar-refractivity contribution in [2.75, 3.05) is 0 Å². The maximum absolute atomic E-state index is 12.0. The van der Waals surface area contributed by atoms with Crippen molar-refractivity contribution in [3.63, 3.8) is 0 Å². The lowest BCUT2D eigenvalue weighted by Crippen LogP contribution is -1.99. The van der Waals surface area contributed by atoms with E-state index in [1.165, 1.54) is 16.9 Å². The number of carbonyl (C=O) groups excluding carboxylic acids is 1. The summed E-state index contributed by atoms with van der Waals surface area (Å²) in [6.07, 6.45) is 0. The Morgan fingerprint density at radius 3 is 2.27 bits per heavy atom. The first-order chi connectivity index (χ1) is 7.18. The largest absolute Gasteiger partial charge is 0.288 e. The molecule has 0 spiro atoms. The Morgan fingerprint density at radius 2 is 1.73 bits per heavy atom. The Balaban J connectivity index is 2.37. The molecule has 0 aliphatic carbocycles. The molecule has 2 aromatic rings. The fourth-order valence-corrected chi connectivity index (χ4v) is 2.33. The molecule has 0 saturated heterocycles. The fraction of sp³-hybridized carbons (Fsp3) is 0.154. The molecule has 1 heterocycles. The molecule has 2 rings (SSSR count). The predicted molar refractivity (Wildman–Crippen MR) is 63.7 cm³/mol. The molecular weight excluding hydrogens is 204 g/mol. The number of carbonyl (C=O) groups is 1. The third-order valence-electron chi connectivity index (χ3n) is 2.38. The zero-order valence-electron chi connectivity index (χ0n) is 8.78. The van der Waals surface area contributed by atoms with Crippen LogP contribution in [0.1, 0.15) is 26.4 Å². The molecule has 0 N–H and O–H groups in total. The van der Waals surface area contributed by atoms with E-state index < -0.39 is 0 Å². The minimum absolute atomic E-state index is 0.127. The van der Waals surface area contributed by atoms with Gasteiger partial charge in [0, 0.05) is 5.56 Å². The van der Waals surface area contributed by atoms with E-state index in [0.29, 0.717) is 0 Å². The molecular formula is C13H12OS. The van der Waals surface area contributed by atoms with Crippen molar-refractivity contribution < 1.29 is 4.79 Å². The van der Waals surface area contributed by atoms with Gasteiger partial charge in [0.15, 0.2) is 0 Å². The summed E-state index contributed by atoms with van der Waals surface area (Å²) in [5, 5.41) is 1.96. The average Bonchev–Trinajstić information content (AvgIpc) is 2.65. The second-order valence-electron chi connectivity index (χ2n) is 3.63. The molecule has 2 heteroatoms. The monoisotopic (exact) mass is 216 g/mol. The molecule has 1 aromatic heterocycles. The van der Waals surface area contributed by atoms with Crippen LogP contribution in [0.15, 0.2) is 35.7 Å². The maximum Gasteiger partial charge on any atom is 0.203 e. The summed E-state index contributed by atoms with van der Waals surface area (Å²) >= 11 is 1.51. The highest BCUT2D eigenvalue weighted by molar-refractivity contribution is 7.12. The number of rotatable bonds is 2. The van der Waals surface area contributed by atoms with Crippen molar-refractivity contribution in [3.8, 4) is 0 Å². The van der Waals surface area contributed by atoms with Crippen molar-refractivity contribution in [1.82, 2.24) is 0 Å². The normalized spacial score (nSPS) is 10.3. The van der Waals surface area contributed by atoms with E-state index in [1.54, 1.807) is 0 Å². The van der Waals surface area contributed by atoms with Gasteiger partial charge in [-0.15, -0.1) is 11.3 Å². The second-order valence-corrected chi connectivity index (χ2v) is 4.54. The number of ketones is 1. The van der Waals surface area contributed by atoms with Crippen LogP contribution in [0.4, 0.5) is 0 Å². The zero-order chi connectivity index (χ0) is 10.8. The highest BCUT2D eigenvalue weighted by atomic mass is 32.1. The van der Waals surface area contributed by atoms with Gasteiger partial charge in [0.05, 0.1) is 4.88 Å². The van der Waals surface area contributed by atoms with Crippen LogP contribution in [0.2, 0.25) is 0 Å². The minimum atomic E-state index is 0.127. The first-order valence-electron chi connectivity index (χ1n) is 4.84. The van der Waals surface area contributed by atoms with Gasteiger partial charge >= 0.3 is 0 Å². The average molecular weight is 216 g/mol. The van der Waals surface area contributed by atoms with Crippen molar-refractivity contribution in [2.24, 2.45) is 0 Å². The Labute approximate surface area is 93.4 Å². The quantitative estimate of drug-likeness (QED) is 0.701. The van der Waals surface area contributed by atoms with Crippen LogP contribution < -0.4 is 0 Å². The van der Waals surface area contributed by atoms with Gasteiger partial charge in [-0.3, -0.25) is 4.79 Å². The van der Waals surface area contributed by atoms with Crippen LogP contribution >= 0.6 is 11.3 Å². The Hall–Kier alpha value is -1.41. The van der Waals surface area contributed by atoms with Crippen molar-refractivity contribution in [3.05, 3.63) is 57.3 Å². The smallest absolute Gasteiger partial charge is 0.203 e. The third-order valence-corrected chi connectivity index (χ3v) is 3.40. The summed E-state index contributed by atoms with van der Waals surface area (Å²) in [6, 6.07) is 9.69. The molecule has 0 amide bonds. The van der Waals surface area contributed by atoms with Gasteiger partial charge in [-0.2, -0.15) is 0 Å². The van der Waals surface area contributed by atoms with Gasteiger partial charge in [-0.25, -0.2) is 0 Å². The first-order valence-corrected chi connectivity index (χ1v) is 5.72. The van der Waals surface area contributed by atoms with Gasteiger partial charge in [-0.1, -0.05) is 29.8 Å². The molecule has 0 radical (unpaired) electrons. The lowest BCUT2D eigenvalue weighted by atomic mass is 10.1. The van der Waals surface area contributed by atoms with E-state index in [2.05, 4.69) is 0 Å². The van der Waals surface area contributed by atoms with Crippen molar-refractivity contribution in [1.29, 1.82) is 0 Å². The summed E-state index contributed by atoms with van der Waals surface area (Å²) < 4.78 is 0. The zero-order valence-corrected chi connectivity index (χ0v) is 9.60. The maximum atomic E-state index is 12.0. The van der Waals surface area contributed by atoms with Gasteiger partial charge in [0.25, 0.3) is 0 Å². The summed E-state index contributed by atoms with van der Waals surface area (Å²) in [4.78, 5) is 12.9. The van der Waals surface area contributed by atoms with Gasteiger partial charge in [-0.05, 0) is 30.9 Å². The second kappa shape index (κ2) is 3.99. The van der Waals surface area contributed by atoms with Crippen LogP contribution in [0.5, 0.6) is 0 Å². The van der Waals surface area contributed by atoms with Crippen LogP contribution in [-0.2, 0) is 0 Å². The van der Waals surface area contributed by atoms with Gasteiger partial charge in [0.1, 0.15) is 0 Å². The van der Waals surface area contributed by atoms with E-state index in [1.807, 2.05) is 49.6 Å². The molecule has 15 heavy (non-hydrogen) atoms. The topological polar surface area (TPSA) is 17.1 Å². The number of hydrogen-bond acceptors (Lipinski definition) is 2. The van der Waals surface area contributed by atoms with Gasteiger partial charge < -0.3 is 0 Å². The van der Waals surface area contributed by atoms with Crippen molar-refractivity contribution >= 4 is 17.1 Å². The summed E-state index contributed by atoms with van der Waals surface area (Å²) in [5.41, 5.74) is 3.01. The van der Waals surface area contributed by atoms with Crippen LogP contribution in [0.3, 0.4) is 0 Å². The lowest BCUT2D eigenvalue weighted by Gasteiger charge is -2.00. The van der Waals surface area contributed by atoms with E-state index in [4.69, 9.17) is 0 Å². The third kappa shape index (κ3) is 2.00. The minimum Gasteiger partial charge on any atom is -0.288 e. The molecule has 0 saturated carbocycles. The van der Waals surface area contributed by atoms with Gasteiger partial charge in [0.2, 0.25) is 5.78 Å². The number of hydrogen-bond donors (Lipinski definition) is 0. The molecule has 76 valence electrons. The Morgan fingerprint density at radius 1 is 1.07 bits per heavy atom.